The molecule has 0 saturated carbocycles. The van der Waals surface area contributed by atoms with E-state index < -0.39 is 0 Å². The zero-order valence-corrected chi connectivity index (χ0v) is 12.2. The Morgan fingerprint density at radius 2 is 1.75 bits per heavy atom. The Kier molecular flexibility index (Phi) is 4.23. The molecule has 4 nitrogen and oxygen atoms in total. The molecule has 1 aromatic heterocycles. The lowest BCUT2D eigenvalue weighted by atomic mass is 9.95. The number of carbonyl (C=O) groups is 1. The Hall–Kier alpha value is -2.10. The summed E-state index contributed by atoms with van der Waals surface area (Å²) in [6.45, 7) is 3.95. The Bertz CT molecular complexity index is 649. The van der Waals surface area contributed by atoms with E-state index in [-0.39, 0.29) is 22.8 Å². The van der Waals surface area contributed by atoms with E-state index in [0.29, 0.717) is 0 Å². The third kappa shape index (κ3) is 2.46. The SMILES string of the molecule is CCC(CC)C(=O)c1cn(C)n(-c2ccccc2)c1=O. The summed E-state index contributed by atoms with van der Waals surface area (Å²) < 4.78 is 3.20. The molecular weight excluding hydrogens is 252 g/mol. The maximum Gasteiger partial charge on any atom is 0.282 e. The highest BCUT2D eigenvalue weighted by Crippen LogP contribution is 2.14. The number of rotatable bonds is 5. The summed E-state index contributed by atoms with van der Waals surface area (Å²) in [5.74, 6) is -0.125. The van der Waals surface area contributed by atoms with E-state index in [4.69, 9.17) is 0 Å². The second kappa shape index (κ2) is 5.90. The van der Waals surface area contributed by atoms with Crippen molar-refractivity contribution in [3.05, 3.63) is 52.4 Å². The van der Waals surface area contributed by atoms with Crippen LogP contribution in [-0.2, 0) is 7.05 Å². The van der Waals surface area contributed by atoms with Crippen LogP contribution in [-0.4, -0.2) is 15.1 Å². The second-order valence-corrected chi connectivity index (χ2v) is 4.95. The molecule has 0 amide bonds. The van der Waals surface area contributed by atoms with Crippen molar-refractivity contribution in [3.63, 3.8) is 0 Å². The fourth-order valence-corrected chi connectivity index (χ4v) is 2.47. The van der Waals surface area contributed by atoms with Crippen LogP contribution in [0.15, 0.2) is 41.3 Å². The van der Waals surface area contributed by atoms with Crippen LogP contribution in [0.3, 0.4) is 0 Å². The fraction of sp³-hybridized carbons (Fsp3) is 0.375. The van der Waals surface area contributed by atoms with Gasteiger partial charge in [0.05, 0.1) is 5.69 Å². The van der Waals surface area contributed by atoms with E-state index in [1.807, 2.05) is 44.2 Å². The van der Waals surface area contributed by atoms with Crippen LogP contribution in [0, 0.1) is 5.92 Å². The summed E-state index contributed by atoms with van der Waals surface area (Å²) in [6.07, 6.45) is 3.15. The van der Waals surface area contributed by atoms with Crippen molar-refractivity contribution in [1.82, 2.24) is 9.36 Å². The lowest BCUT2D eigenvalue weighted by Crippen LogP contribution is -2.25. The first-order valence-corrected chi connectivity index (χ1v) is 6.98. The molecule has 4 heteroatoms. The number of Topliss-reactive ketones (excluding diaryl/α,β-unsaturated/α-hetero) is 1. The van der Waals surface area contributed by atoms with Crippen LogP contribution >= 0.6 is 0 Å². The van der Waals surface area contributed by atoms with E-state index in [1.165, 1.54) is 4.68 Å². The first kappa shape index (κ1) is 14.3. The molecule has 0 bridgehead atoms. The van der Waals surface area contributed by atoms with Gasteiger partial charge >= 0.3 is 0 Å². The van der Waals surface area contributed by atoms with Gasteiger partial charge in [0.1, 0.15) is 5.56 Å². The van der Waals surface area contributed by atoms with Gasteiger partial charge in [0, 0.05) is 19.2 Å². The van der Waals surface area contributed by atoms with Crippen molar-refractivity contribution in [3.8, 4) is 5.69 Å². The van der Waals surface area contributed by atoms with Crippen LogP contribution in [0.1, 0.15) is 37.0 Å². The number of carbonyl (C=O) groups excluding carboxylic acids is 1. The highest BCUT2D eigenvalue weighted by Gasteiger charge is 2.22. The minimum Gasteiger partial charge on any atom is -0.294 e. The average Bonchev–Trinajstić information content (AvgIpc) is 2.76. The van der Waals surface area contributed by atoms with Crippen molar-refractivity contribution < 1.29 is 4.79 Å². The summed E-state index contributed by atoms with van der Waals surface area (Å²) in [6, 6.07) is 9.35. The van der Waals surface area contributed by atoms with Crippen molar-refractivity contribution in [1.29, 1.82) is 0 Å². The maximum absolute atomic E-state index is 12.5. The predicted molar refractivity (Wildman–Crippen MR) is 79.4 cm³/mol. The van der Waals surface area contributed by atoms with Gasteiger partial charge in [0.25, 0.3) is 5.56 Å². The standard InChI is InChI=1S/C16H20N2O2/c1-4-12(5-2)15(19)14-11-17(3)18(16(14)20)13-9-7-6-8-10-13/h6-12H,4-5H2,1-3H3. The summed E-state index contributed by atoms with van der Waals surface area (Å²) in [5, 5.41) is 0. The summed E-state index contributed by atoms with van der Waals surface area (Å²) in [4.78, 5) is 24.9. The fourth-order valence-electron chi connectivity index (χ4n) is 2.47. The number of benzene rings is 1. The van der Waals surface area contributed by atoms with Gasteiger partial charge in [-0.3, -0.25) is 14.3 Å². The molecule has 0 aliphatic heterocycles. The molecule has 0 aliphatic carbocycles. The van der Waals surface area contributed by atoms with Gasteiger partial charge in [-0.05, 0) is 25.0 Å². The van der Waals surface area contributed by atoms with Gasteiger partial charge in [-0.1, -0.05) is 32.0 Å². The Labute approximate surface area is 118 Å². The smallest absolute Gasteiger partial charge is 0.282 e. The van der Waals surface area contributed by atoms with E-state index >= 15 is 0 Å². The summed E-state index contributed by atoms with van der Waals surface area (Å²) in [7, 11) is 1.78. The van der Waals surface area contributed by atoms with Gasteiger partial charge in [-0.15, -0.1) is 0 Å². The predicted octanol–water partition coefficient (Wildman–Crippen LogP) is 2.79. The molecule has 0 unspecified atom stereocenters. The molecule has 1 heterocycles. The van der Waals surface area contributed by atoms with Crippen LogP contribution < -0.4 is 5.56 Å². The largest absolute Gasteiger partial charge is 0.294 e. The zero-order chi connectivity index (χ0) is 14.7. The lowest BCUT2D eigenvalue weighted by Gasteiger charge is -2.08. The van der Waals surface area contributed by atoms with Crippen LogP contribution in [0.4, 0.5) is 0 Å². The van der Waals surface area contributed by atoms with Crippen molar-refractivity contribution >= 4 is 5.78 Å². The molecular formula is C16H20N2O2. The molecule has 0 aliphatic rings. The maximum atomic E-state index is 12.5. The number of para-hydroxylation sites is 1. The molecule has 0 N–H and O–H groups in total. The van der Waals surface area contributed by atoms with E-state index in [2.05, 4.69) is 0 Å². The number of hydrogen-bond donors (Lipinski definition) is 0. The van der Waals surface area contributed by atoms with Crippen LogP contribution in [0.2, 0.25) is 0 Å². The molecule has 0 saturated heterocycles. The quantitative estimate of drug-likeness (QED) is 0.786. The van der Waals surface area contributed by atoms with Crippen molar-refractivity contribution in [2.24, 2.45) is 13.0 Å². The molecule has 1 aromatic carbocycles. The molecule has 0 atom stereocenters. The normalized spacial score (nSPS) is 11.0. The average molecular weight is 272 g/mol. The minimum absolute atomic E-state index is 0.0507. The third-order valence-electron chi connectivity index (χ3n) is 3.68. The summed E-state index contributed by atoms with van der Waals surface area (Å²) in [5.41, 5.74) is 0.809. The minimum atomic E-state index is -0.240. The van der Waals surface area contributed by atoms with Crippen molar-refractivity contribution in [2.75, 3.05) is 0 Å². The molecule has 2 aromatic rings. The zero-order valence-electron chi connectivity index (χ0n) is 12.2. The highest BCUT2D eigenvalue weighted by atomic mass is 16.2. The molecule has 20 heavy (non-hydrogen) atoms. The first-order chi connectivity index (χ1) is 9.60. The number of hydrogen-bond acceptors (Lipinski definition) is 2. The van der Waals surface area contributed by atoms with Crippen LogP contribution in [0.5, 0.6) is 0 Å². The molecule has 0 spiro atoms. The lowest BCUT2D eigenvalue weighted by molar-refractivity contribution is 0.0912. The number of aromatic nitrogens is 2. The number of nitrogens with zero attached hydrogens (tertiary/aromatic N) is 2. The van der Waals surface area contributed by atoms with Gasteiger partial charge in [0.2, 0.25) is 0 Å². The van der Waals surface area contributed by atoms with Gasteiger partial charge in [-0.25, -0.2) is 4.68 Å². The highest BCUT2D eigenvalue weighted by molar-refractivity contribution is 5.97. The van der Waals surface area contributed by atoms with Crippen molar-refractivity contribution in [2.45, 2.75) is 26.7 Å². The Balaban J connectivity index is 2.50. The van der Waals surface area contributed by atoms with Crippen LogP contribution in [0.25, 0.3) is 5.69 Å². The van der Waals surface area contributed by atoms with Gasteiger partial charge in [-0.2, -0.15) is 0 Å². The first-order valence-electron chi connectivity index (χ1n) is 6.98. The number of ketones is 1. The van der Waals surface area contributed by atoms with E-state index in [9.17, 15) is 9.59 Å². The Morgan fingerprint density at radius 3 is 2.30 bits per heavy atom. The van der Waals surface area contributed by atoms with Gasteiger partial charge < -0.3 is 0 Å². The molecule has 2 rings (SSSR count). The molecule has 0 fully saturated rings. The second-order valence-electron chi connectivity index (χ2n) is 4.95. The van der Waals surface area contributed by atoms with E-state index in [0.717, 1.165) is 18.5 Å². The van der Waals surface area contributed by atoms with E-state index in [1.54, 1.807) is 17.9 Å². The molecule has 0 radical (unpaired) electrons. The van der Waals surface area contributed by atoms with Gasteiger partial charge in [0.15, 0.2) is 5.78 Å². The Morgan fingerprint density at radius 1 is 1.15 bits per heavy atom. The monoisotopic (exact) mass is 272 g/mol. The molecule has 106 valence electrons. The third-order valence-corrected chi connectivity index (χ3v) is 3.68. The summed E-state index contributed by atoms with van der Waals surface area (Å²) >= 11 is 0. The topological polar surface area (TPSA) is 44.0 Å². The number of aryl methyl sites for hydroxylation is 1.